The van der Waals surface area contributed by atoms with Crippen molar-refractivity contribution in [3.63, 3.8) is 0 Å². The van der Waals surface area contributed by atoms with Gasteiger partial charge in [-0.1, -0.05) is 5.16 Å². The van der Waals surface area contributed by atoms with E-state index in [1.807, 2.05) is 31.2 Å². The lowest BCUT2D eigenvalue weighted by Gasteiger charge is -2.05. The highest BCUT2D eigenvalue weighted by atomic mass is 16.6. The van der Waals surface area contributed by atoms with E-state index in [4.69, 9.17) is 14.8 Å². The van der Waals surface area contributed by atoms with Gasteiger partial charge in [-0.3, -0.25) is 10.0 Å². The molecule has 1 atom stereocenters. The van der Waals surface area contributed by atoms with Crippen LogP contribution in [0.15, 0.2) is 29.4 Å². The lowest BCUT2D eigenvalue weighted by Crippen LogP contribution is -2.32. The highest BCUT2D eigenvalue weighted by molar-refractivity contribution is 6.04. The number of hydrogen-bond donors (Lipinski definition) is 2. The van der Waals surface area contributed by atoms with Crippen molar-refractivity contribution in [2.24, 2.45) is 5.16 Å². The minimum atomic E-state index is -0.767. The number of nitrogens with zero attached hydrogens (tertiary/aromatic N) is 1. The van der Waals surface area contributed by atoms with Gasteiger partial charge in [0.05, 0.1) is 12.3 Å². The number of carbonyl (C=O) groups excluding carboxylic acids is 1. The fourth-order valence-corrected chi connectivity index (χ4v) is 1.67. The predicted molar refractivity (Wildman–Crippen MR) is 63.6 cm³/mol. The topological polar surface area (TPSA) is 80.2 Å². The Kier molecular flexibility index (Phi) is 3.78. The number of oxime groups is 1. The first-order valence-corrected chi connectivity index (χ1v) is 5.64. The van der Waals surface area contributed by atoms with Crippen LogP contribution in [0.1, 0.15) is 18.9 Å². The molecule has 1 aliphatic heterocycles. The van der Waals surface area contributed by atoms with E-state index in [9.17, 15) is 4.79 Å². The number of hydrogen-bond acceptors (Lipinski definition) is 5. The number of rotatable bonds is 4. The van der Waals surface area contributed by atoms with Gasteiger partial charge < -0.3 is 9.57 Å². The molecule has 0 fully saturated rings. The second-order valence-electron chi connectivity index (χ2n) is 3.77. The van der Waals surface area contributed by atoms with E-state index in [0.717, 1.165) is 11.3 Å². The Hall–Kier alpha value is -2.08. The van der Waals surface area contributed by atoms with Gasteiger partial charge in [-0.15, -0.1) is 0 Å². The highest BCUT2D eigenvalue weighted by Gasteiger charge is 2.28. The molecule has 0 aromatic heterocycles. The van der Waals surface area contributed by atoms with Crippen molar-refractivity contribution in [3.05, 3.63) is 29.8 Å². The monoisotopic (exact) mass is 250 g/mol. The normalized spacial score (nSPS) is 17.9. The van der Waals surface area contributed by atoms with Gasteiger partial charge in [-0.2, -0.15) is 0 Å². The van der Waals surface area contributed by atoms with E-state index in [0.29, 0.717) is 18.7 Å². The van der Waals surface area contributed by atoms with Gasteiger partial charge in [0.1, 0.15) is 5.75 Å². The Morgan fingerprint density at radius 1 is 1.56 bits per heavy atom. The fraction of sp³-hybridized carbons (Fsp3) is 0.333. The molecular weight excluding hydrogens is 236 g/mol. The van der Waals surface area contributed by atoms with Crippen LogP contribution in [0, 0.1) is 0 Å². The number of hydroxylamine groups is 1. The third kappa shape index (κ3) is 2.60. The molecule has 1 unspecified atom stereocenters. The molecule has 0 bridgehead atoms. The van der Waals surface area contributed by atoms with Crippen molar-refractivity contribution in [3.8, 4) is 5.75 Å². The molecule has 0 spiro atoms. The van der Waals surface area contributed by atoms with Crippen LogP contribution in [0.4, 0.5) is 0 Å². The smallest absolute Gasteiger partial charge is 0.287 e. The van der Waals surface area contributed by atoms with Gasteiger partial charge >= 0.3 is 0 Å². The maximum absolute atomic E-state index is 11.2. The first-order valence-electron chi connectivity index (χ1n) is 5.64. The number of amides is 1. The molecule has 1 aromatic rings. The van der Waals surface area contributed by atoms with E-state index < -0.39 is 12.0 Å². The largest absolute Gasteiger partial charge is 0.494 e. The van der Waals surface area contributed by atoms with Crippen molar-refractivity contribution in [2.45, 2.75) is 19.4 Å². The molecule has 0 radical (unpaired) electrons. The summed E-state index contributed by atoms with van der Waals surface area (Å²) >= 11 is 0. The Balaban J connectivity index is 2.03. The molecular formula is C12H14N2O4. The van der Waals surface area contributed by atoms with Crippen LogP contribution < -0.4 is 10.2 Å². The van der Waals surface area contributed by atoms with Crippen molar-refractivity contribution in [1.29, 1.82) is 0 Å². The molecule has 1 amide bonds. The zero-order valence-corrected chi connectivity index (χ0v) is 9.92. The average molecular weight is 250 g/mol. The van der Waals surface area contributed by atoms with Gasteiger partial charge in [0.2, 0.25) is 6.10 Å². The summed E-state index contributed by atoms with van der Waals surface area (Å²) in [7, 11) is 0. The zero-order valence-electron chi connectivity index (χ0n) is 9.92. The molecule has 96 valence electrons. The fourth-order valence-electron chi connectivity index (χ4n) is 1.67. The number of carbonyl (C=O) groups is 1. The standard InChI is InChI=1S/C12H14N2O4/c1-2-17-9-5-3-8(4-6-9)10-7-11(18-14-10)12(15)13-16/h3-6,11,16H,2,7H2,1H3,(H,13,15). The van der Waals surface area contributed by atoms with E-state index in [-0.39, 0.29) is 0 Å². The molecule has 0 saturated heterocycles. The zero-order chi connectivity index (χ0) is 13.0. The highest BCUT2D eigenvalue weighted by Crippen LogP contribution is 2.19. The minimum Gasteiger partial charge on any atom is -0.494 e. The summed E-state index contributed by atoms with van der Waals surface area (Å²) in [6, 6.07) is 7.38. The van der Waals surface area contributed by atoms with E-state index >= 15 is 0 Å². The van der Waals surface area contributed by atoms with Gasteiger partial charge in [-0.05, 0) is 36.8 Å². The van der Waals surface area contributed by atoms with Crippen molar-refractivity contribution >= 4 is 11.6 Å². The molecule has 18 heavy (non-hydrogen) atoms. The van der Waals surface area contributed by atoms with E-state index in [1.165, 1.54) is 0 Å². The summed E-state index contributed by atoms with van der Waals surface area (Å²) in [6.45, 7) is 2.53. The van der Waals surface area contributed by atoms with Crippen molar-refractivity contribution in [2.75, 3.05) is 6.61 Å². The maximum atomic E-state index is 11.2. The van der Waals surface area contributed by atoms with Crippen LogP contribution in [0.5, 0.6) is 5.75 Å². The van der Waals surface area contributed by atoms with Crippen LogP contribution in [0.2, 0.25) is 0 Å². The third-order valence-corrected chi connectivity index (χ3v) is 2.57. The Morgan fingerprint density at radius 3 is 2.89 bits per heavy atom. The molecule has 1 aromatic carbocycles. The Bertz CT molecular complexity index is 456. The molecule has 6 nitrogen and oxygen atoms in total. The lowest BCUT2D eigenvalue weighted by molar-refractivity contribution is -0.139. The summed E-state index contributed by atoms with van der Waals surface area (Å²) in [4.78, 5) is 16.1. The number of benzene rings is 1. The SMILES string of the molecule is CCOc1ccc(C2=NOC(C(=O)NO)C2)cc1. The quantitative estimate of drug-likeness (QED) is 0.619. The molecule has 0 saturated carbocycles. The lowest BCUT2D eigenvalue weighted by atomic mass is 10.0. The van der Waals surface area contributed by atoms with Crippen molar-refractivity contribution in [1.82, 2.24) is 5.48 Å². The maximum Gasteiger partial charge on any atom is 0.287 e. The Labute approximate surface area is 104 Å². The predicted octanol–water partition coefficient (Wildman–Crippen LogP) is 1.08. The Morgan fingerprint density at radius 2 is 2.28 bits per heavy atom. The summed E-state index contributed by atoms with van der Waals surface area (Å²) in [5.41, 5.74) is 3.09. The van der Waals surface area contributed by atoms with Crippen molar-refractivity contribution < 1.29 is 19.6 Å². The summed E-state index contributed by atoms with van der Waals surface area (Å²) < 4.78 is 5.33. The van der Waals surface area contributed by atoms with E-state index in [2.05, 4.69) is 5.16 Å². The number of ether oxygens (including phenoxy) is 1. The third-order valence-electron chi connectivity index (χ3n) is 2.57. The second kappa shape index (κ2) is 5.50. The molecule has 0 aliphatic carbocycles. The first kappa shape index (κ1) is 12.4. The molecule has 1 aliphatic rings. The summed E-state index contributed by atoms with van der Waals surface area (Å²) in [5.74, 6) is 0.185. The average Bonchev–Trinajstić information content (AvgIpc) is 2.89. The van der Waals surface area contributed by atoms with Crippen LogP contribution in [0.25, 0.3) is 0 Å². The van der Waals surface area contributed by atoms with Crippen LogP contribution in [-0.2, 0) is 9.63 Å². The summed E-state index contributed by atoms with van der Waals surface area (Å²) in [5, 5.41) is 12.3. The summed E-state index contributed by atoms with van der Waals surface area (Å²) in [6.07, 6.45) is -0.433. The van der Waals surface area contributed by atoms with Gasteiger partial charge in [-0.25, -0.2) is 5.48 Å². The van der Waals surface area contributed by atoms with Gasteiger partial charge in [0.25, 0.3) is 5.91 Å². The first-order chi connectivity index (χ1) is 8.74. The molecule has 2 N–H and O–H groups in total. The van der Waals surface area contributed by atoms with Gasteiger partial charge in [0.15, 0.2) is 0 Å². The van der Waals surface area contributed by atoms with Crippen LogP contribution in [-0.4, -0.2) is 29.5 Å². The number of nitrogens with one attached hydrogen (secondary N) is 1. The van der Waals surface area contributed by atoms with Crippen LogP contribution in [0.3, 0.4) is 0 Å². The minimum absolute atomic E-state index is 0.334. The van der Waals surface area contributed by atoms with Crippen LogP contribution >= 0.6 is 0 Å². The molecule has 6 heteroatoms. The van der Waals surface area contributed by atoms with E-state index in [1.54, 1.807) is 5.48 Å². The molecule has 2 rings (SSSR count). The molecule has 1 heterocycles. The van der Waals surface area contributed by atoms with Gasteiger partial charge in [0, 0.05) is 6.42 Å². The second-order valence-corrected chi connectivity index (χ2v) is 3.77.